The van der Waals surface area contributed by atoms with E-state index in [1.807, 2.05) is 0 Å². The molecule has 6 nitrogen and oxygen atoms in total. The van der Waals surface area contributed by atoms with Gasteiger partial charge in [0, 0.05) is 6.20 Å². The standard InChI is InChI=1S/C11H10N2O4/c1-2-16-11(15)17-10-12-6-7-8(13-10)4-3-5-9(7)14/h3-6H,2H2,1H3,(H,12,13). The van der Waals surface area contributed by atoms with Crippen LogP contribution in [-0.2, 0) is 4.74 Å². The number of carbonyl (C=O) groups excluding carboxylic acids is 1. The zero-order chi connectivity index (χ0) is 12.3. The lowest BCUT2D eigenvalue weighted by atomic mass is 10.1. The Bertz CT molecular complexity index is 564. The second kappa shape index (κ2) is 4.65. The summed E-state index contributed by atoms with van der Waals surface area (Å²) < 4.78 is 9.37. The highest BCUT2D eigenvalue weighted by Crippen LogP contribution is 2.16. The molecule has 0 amide bonds. The molecule has 0 aromatic heterocycles. The molecule has 0 unspecified atom stereocenters. The SMILES string of the molecule is CCOC(=O)Oc1ncc2c(=O)cccc-2[nH]1. The van der Waals surface area contributed by atoms with Crippen molar-refractivity contribution in [2.75, 3.05) is 6.61 Å². The van der Waals surface area contributed by atoms with E-state index >= 15 is 0 Å². The number of H-pyrrole nitrogens is 1. The highest BCUT2D eigenvalue weighted by molar-refractivity contribution is 5.64. The predicted octanol–water partition coefficient (Wildman–Crippen LogP) is 1.41. The molecule has 2 aliphatic rings. The zero-order valence-electron chi connectivity index (χ0n) is 9.10. The first-order valence-electron chi connectivity index (χ1n) is 5.03. The number of aromatic nitrogens is 2. The van der Waals surface area contributed by atoms with Gasteiger partial charge in [0.25, 0.3) is 0 Å². The van der Waals surface area contributed by atoms with Gasteiger partial charge >= 0.3 is 12.2 Å². The molecule has 1 aliphatic heterocycles. The minimum atomic E-state index is -0.839. The average molecular weight is 234 g/mol. The van der Waals surface area contributed by atoms with Crippen molar-refractivity contribution in [2.24, 2.45) is 0 Å². The Morgan fingerprint density at radius 1 is 1.47 bits per heavy atom. The molecule has 0 saturated carbocycles. The monoisotopic (exact) mass is 234 g/mol. The van der Waals surface area contributed by atoms with Crippen LogP contribution in [0, 0.1) is 0 Å². The Hall–Kier alpha value is -2.37. The summed E-state index contributed by atoms with van der Waals surface area (Å²) in [6.45, 7) is 1.89. The normalized spacial score (nSPS) is 10.2. The fraction of sp³-hybridized carbons (Fsp3) is 0.182. The smallest absolute Gasteiger partial charge is 0.434 e. The number of hydrogen-bond donors (Lipinski definition) is 1. The summed E-state index contributed by atoms with van der Waals surface area (Å²) in [5.41, 5.74) is 0.837. The maximum atomic E-state index is 11.4. The molecule has 6 heteroatoms. The van der Waals surface area contributed by atoms with E-state index in [1.165, 1.54) is 12.3 Å². The first kappa shape index (κ1) is 11.1. The lowest BCUT2D eigenvalue weighted by Crippen LogP contribution is -2.13. The van der Waals surface area contributed by atoms with Gasteiger partial charge in [0.15, 0.2) is 5.43 Å². The van der Waals surface area contributed by atoms with Crippen LogP contribution < -0.4 is 10.2 Å². The highest BCUT2D eigenvalue weighted by Gasteiger charge is 2.11. The predicted molar refractivity (Wildman–Crippen MR) is 59.1 cm³/mol. The zero-order valence-corrected chi connectivity index (χ0v) is 9.10. The van der Waals surface area contributed by atoms with E-state index in [9.17, 15) is 9.59 Å². The van der Waals surface area contributed by atoms with Gasteiger partial charge < -0.3 is 14.5 Å². The largest absolute Gasteiger partial charge is 0.516 e. The van der Waals surface area contributed by atoms with Crippen LogP contribution in [-0.4, -0.2) is 22.7 Å². The number of fused-ring (bicyclic) bond motifs is 1. The summed E-state index contributed by atoms with van der Waals surface area (Å²) in [7, 11) is 0. The van der Waals surface area contributed by atoms with E-state index in [2.05, 4.69) is 14.7 Å². The number of nitrogens with one attached hydrogen (secondary N) is 1. The average Bonchev–Trinajstić information content (AvgIpc) is 2.29. The highest BCUT2D eigenvalue weighted by atomic mass is 16.7. The Kier molecular flexibility index (Phi) is 3.04. The van der Waals surface area contributed by atoms with Crippen molar-refractivity contribution in [3.63, 3.8) is 0 Å². The van der Waals surface area contributed by atoms with Gasteiger partial charge in [0.05, 0.1) is 17.9 Å². The number of aromatic amines is 1. The van der Waals surface area contributed by atoms with Crippen LogP contribution in [0.1, 0.15) is 6.92 Å². The number of rotatable bonds is 2. The molecule has 0 bridgehead atoms. The minimum Gasteiger partial charge on any atom is -0.434 e. The summed E-state index contributed by atoms with van der Waals surface area (Å²) in [6.07, 6.45) is 0.511. The molecule has 17 heavy (non-hydrogen) atoms. The number of benzene rings is 1. The topological polar surface area (TPSA) is 81.3 Å². The second-order valence-corrected chi connectivity index (χ2v) is 3.19. The lowest BCUT2D eigenvalue weighted by Gasteiger charge is -2.07. The first-order chi connectivity index (χ1) is 8.20. The second-order valence-electron chi connectivity index (χ2n) is 3.19. The van der Waals surface area contributed by atoms with Gasteiger partial charge in [-0.3, -0.25) is 4.79 Å². The summed E-state index contributed by atoms with van der Waals surface area (Å²) in [6, 6.07) is 4.72. The molecule has 0 saturated heterocycles. The molecular weight excluding hydrogens is 224 g/mol. The van der Waals surface area contributed by atoms with Gasteiger partial charge in [-0.1, -0.05) is 6.07 Å². The molecule has 2 rings (SSSR count). The molecular formula is C11H10N2O4. The van der Waals surface area contributed by atoms with Crippen LogP contribution in [0.15, 0.2) is 29.2 Å². The molecule has 0 atom stereocenters. The van der Waals surface area contributed by atoms with E-state index in [4.69, 9.17) is 4.74 Å². The molecule has 0 fully saturated rings. The fourth-order valence-corrected chi connectivity index (χ4v) is 1.33. The van der Waals surface area contributed by atoms with Crippen molar-refractivity contribution in [1.29, 1.82) is 0 Å². The van der Waals surface area contributed by atoms with Crippen molar-refractivity contribution in [1.82, 2.24) is 9.97 Å². The fourth-order valence-electron chi connectivity index (χ4n) is 1.33. The first-order valence-corrected chi connectivity index (χ1v) is 5.03. The van der Waals surface area contributed by atoms with E-state index in [0.717, 1.165) is 0 Å². The van der Waals surface area contributed by atoms with Crippen LogP contribution in [0.25, 0.3) is 11.3 Å². The third-order valence-electron chi connectivity index (χ3n) is 2.06. The number of carbonyl (C=O) groups is 1. The number of nitrogens with zero attached hydrogens (tertiary/aromatic N) is 1. The molecule has 1 heterocycles. The van der Waals surface area contributed by atoms with Crippen molar-refractivity contribution in [2.45, 2.75) is 6.92 Å². The Labute approximate surface area is 96.6 Å². The molecule has 0 aromatic rings. The van der Waals surface area contributed by atoms with Gasteiger partial charge in [0.1, 0.15) is 0 Å². The maximum Gasteiger partial charge on any atom is 0.516 e. The number of hydrogen-bond acceptors (Lipinski definition) is 5. The molecule has 1 aliphatic carbocycles. The molecule has 88 valence electrons. The minimum absolute atomic E-state index is 0.0125. The summed E-state index contributed by atoms with van der Waals surface area (Å²) in [5, 5.41) is 0. The Balaban J connectivity index is 2.30. The van der Waals surface area contributed by atoms with E-state index in [-0.39, 0.29) is 18.0 Å². The van der Waals surface area contributed by atoms with Crippen LogP contribution in [0.4, 0.5) is 4.79 Å². The van der Waals surface area contributed by atoms with Crippen LogP contribution in [0.5, 0.6) is 6.01 Å². The van der Waals surface area contributed by atoms with Gasteiger partial charge in [-0.2, -0.15) is 0 Å². The third-order valence-corrected chi connectivity index (χ3v) is 2.06. The van der Waals surface area contributed by atoms with E-state index < -0.39 is 6.16 Å². The quantitative estimate of drug-likeness (QED) is 0.794. The van der Waals surface area contributed by atoms with Crippen LogP contribution >= 0.6 is 0 Å². The Morgan fingerprint density at radius 3 is 3.06 bits per heavy atom. The van der Waals surface area contributed by atoms with Crippen molar-refractivity contribution >= 4 is 6.16 Å². The summed E-state index contributed by atoms with van der Waals surface area (Å²) in [4.78, 5) is 29.0. The summed E-state index contributed by atoms with van der Waals surface area (Å²) >= 11 is 0. The Morgan fingerprint density at radius 2 is 2.29 bits per heavy atom. The third kappa shape index (κ3) is 2.41. The van der Waals surface area contributed by atoms with Gasteiger partial charge in [-0.15, -0.1) is 0 Å². The van der Waals surface area contributed by atoms with Gasteiger partial charge in [-0.05, 0) is 19.1 Å². The van der Waals surface area contributed by atoms with Crippen LogP contribution in [0.3, 0.4) is 0 Å². The van der Waals surface area contributed by atoms with E-state index in [1.54, 1.807) is 19.1 Å². The van der Waals surface area contributed by atoms with Crippen LogP contribution in [0.2, 0.25) is 0 Å². The number of ether oxygens (including phenoxy) is 2. The molecule has 0 radical (unpaired) electrons. The molecule has 0 spiro atoms. The van der Waals surface area contributed by atoms with E-state index in [0.29, 0.717) is 11.3 Å². The lowest BCUT2D eigenvalue weighted by molar-refractivity contribution is 0.101. The van der Waals surface area contributed by atoms with Crippen molar-refractivity contribution < 1.29 is 14.3 Å². The molecule has 0 aromatic carbocycles. The summed E-state index contributed by atoms with van der Waals surface area (Å²) in [5.74, 6) is 0. The van der Waals surface area contributed by atoms with Crippen molar-refractivity contribution in [3.8, 4) is 17.3 Å². The van der Waals surface area contributed by atoms with Gasteiger partial charge in [-0.25, -0.2) is 9.78 Å². The maximum absolute atomic E-state index is 11.4. The van der Waals surface area contributed by atoms with Gasteiger partial charge in [0.2, 0.25) is 0 Å². The molecule has 1 N–H and O–H groups in total. The van der Waals surface area contributed by atoms with Crippen molar-refractivity contribution in [3.05, 3.63) is 34.6 Å².